The third kappa shape index (κ3) is 4.73. The van der Waals surface area contributed by atoms with Crippen molar-refractivity contribution in [2.45, 2.75) is 19.4 Å². The van der Waals surface area contributed by atoms with Crippen LogP contribution in [0.5, 0.6) is 0 Å². The number of benzene rings is 2. The van der Waals surface area contributed by atoms with E-state index in [9.17, 15) is 4.79 Å². The predicted molar refractivity (Wildman–Crippen MR) is 111 cm³/mol. The second-order valence-corrected chi connectivity index (χ2v) is 7.47. The number of carbonyl (C=O) groups is 1. The van der Waals surface area contributed by atoms with Gasteiger partial charge in [0.2, 0.25) is 0 Å². The topological polar surface area (TPSA) is 57.4 Å². The first kappa shape index (κ1) is 18.6. The smallest absolute Gasteiger partial charge is 0.317 e. The van der Waals surface area contributed by atoms with E-state index in [2.05, 4.69) is 40.6 Å². The molecule has 0 radical (unpaired) electrons. The molecule has 2 amide bonds. The van der Waals surface area contributed by atoms with Gasteiger partial charge in [0, 0.05) is 43.2 Å². The fourth-order valence-electron chi connectivity index (χ4n) is 3.75. The molecular weight excluding hydrogens is 350 g/mol. The largest absolute Gasteiger partial charge is 0.376 e. The molecule has 5 nitrogen and oxygen atoms in total. The lowest BCUT2D eigenvalue weighted by atomic mass is 10.1. The van der Waals surface area contributed by atoms with Gasteiger partial charge in [-0.05, 0) is 29.5 Å². The average Bonchev–Trinajstić information content (AvgIpc) is 3.35. The number of urea groups is 1. The molecule has 4 rings (SSSR count). The van der Waals surface area contributed by atoms with Crippen molar-refractivity contribution < 1.29 is 9.53 Å². The zero-order valence-electron chi connectivity index (χ0n) is 16.1. The molecule has 0 bridgehead atoms. The summed E-state index contributed by atoms with van der Waals surface area (Å²) in [7, 11) is 0. The van der Waals surface area contributed by atoms with Crippen LogP contribution in [0.3, 0.4) is 0 Å². The summed E-state index contributed by atoms with van der Waals surface area (Å²) in [4.78, 5) is 17.7. The first-order chi connectivity index (χ1) is 13.8. The highest BCUT2D eigenvalue weighted by Gasteiger charge is 2.26. The van der Waals surface area contributed by atoms with Crippen molar-refractivity contribution >= 4 is 16.9 Å². The maximum absolute atomic E-state index is 12.4. The number of amides is 2. The van der Waals surface area contributed by atoms with Crippen LogP contribution in [0.4, 0.5) is 4.79 Å². The molecule has 28 heavy (non-hydrogen) atoms. The molecule has 1 unspecified atom stereocenters. The van der Waals surface area contributed by atoms with Crippen LogP contribution in [0.25, 0.3) is 10.9 Å². The van der Waals surface area contributed by atoms with Crippen LogP contribution in [-0.2, 0) is 17.8 Å². The Kier molecular flexibility index (Phi) is 5.92. The summed E-state index contributed by atoms with van der Waals surface area (Å²) in [5.41, 5.74) is 3.48. The predicted octanol–water partition coefficient (Wildman–Crippen LogP) is 3.96. The standard InChI is InChI=1S/C23H27N3O2/c27-23(24-12-10-21-14-20-8-4-5-9-22(20)25-21)26-13-11-19(15-26)17-28-16-18-6-2-1-3-7-18/h1-9,14,19,25H,10-13,15-17H2,(H,24,27). The van der Waals surface area contributed by atoms with E-state index in [1.54, 1.807) is 0 Å². The van der Waals surface area contributed by atoms with Crippen molar-refractivity contribution in [3.8, 4) is 0 Å². The molecule has 0 aliphatic carbocycles. The number of aromatic amines is 1. The van der Waals surface area contributed by atoms with E-state index in [1.165, 1.54) is 10.9 Å². The van der Waals surface area contributed by atoms with Crippen molar-refractivity contribution in [2.24, 2.45) is 5.92 Å². The fraction of sp³-hybridized carbons (Fsp3) is 0.348. The monoisotopic (exact) mass is 377 g/mol. The first-order valence-electron chi connectivity index (χ1n) is 9.99. The zero-order chi connectivity index (χ0) is 19.2. The van der Waals surface area contributed by atoms with Gasteiger partial charge in [0.05, 0.1) is 13.2 Å². The number of hydrogen-bond acceptors (Lipinski definition) is 2. The Hall–Kier alpha value is -2.79. The number of para-hydroxylation sites is 1. The van der Waals surface area contributed by atoms with Gasteiger partial charge in [-0.3, -0.25) is 0 Å². The molecule has 1 aromatic heterocycles. The van der Waals surface area contributed by atoms with Crippen molar-refractivity contribution in [3.63, 3.8) is 0 Å². The van der Waals surface area contributed by atoms with Gasteiger partial charge >= 0.3 is 6.03 Å². The number of carbonyl (C=O) groups excluding carboxylic acids is 1. The normalized spacial score (nSPS) is 16.6. The number of hydrogen-bond donors (Lipinski definition) is 2. The lowest BCUT2D eigenvalue weighted by molar-refractivity contribution is 0.0897. The van der Waals surface area contributed by atoms with Crippen LogP contribution in [-0.4, -0.2) is 42.2 Å². The maximum Gasteiger partial charge on any atom is 0.317 e. The summed E-state index contributed by atoms with van der Waals surface area (Å²) in [6.45, 7) is 3.55. The van der Waals surface area contributed by atoms with Crippen LogP contribution < -0.4 is 5.32 Å². The molecule has 1 aliphatic heterocycles. The Morgan fingerprint density at radius 1 is 1.14 bits per heavy atom. The van der Waals surface area contributed by atoms with Crippen LogP contribution in [0.1, 0.15) is 17.7 Å². The maximum atomic E-state index is 12.4. The first-order valence-corrected chi connectivity index (χ1v) is 9.99. The van der Waals surface area contributed by atoms with Crippen molar-refractivity contribution in [1.29, 1.82) is 0 Å². The van der Waals surface area contributed by atoms with Gasteiger partial charge in [-0.25, -0.2) is 4.79 Å². The molecule has 146 valence electrons. The Morgan fingerprint density at radius 3 is 2.82 bits per heavy atom. The van der Waals surface area contributed by atoms with E-state index in [-0.39, 0.29) is 6.03 Å². The number of ether oxygens (including phenoxy) is 1. The Balaban J connectivity index is 1.16. The number of likely N-dealkylation sites (tertiary alicyclic amines) is 1. The van der Waals surface area contributed by atoms with E-state index in [1.807, 2.05) is 35.2 Å². The second-order valence-electron chi connectivity index (χ2n) is 7.47. The van der Waals surface area contributed by atoms with Crippen molar-refractivity contribution in [1.82, 2.24) is 15.2 Å². The van der Waals surface area contributed by atoms with Gasteiger partial charge in [0.1, 0.15) is 0 Å². The number of nitrogens with one attached hydrogen (secondary N) is 2. The van der Waals surface area contributed by atoms with E-state index in [0.29, 0.717) is 25.7 Å². The Morgan fingerprint density at radius 2 is 1.96 bits per heavy atom. The van der Waals surface area contributed by atoms with Gasteiger partial charge in [-0.1, -0.05) is 48.5 Å². The molecule has 2 aromatic carbocycles. The van der Waals surface area contributed by atoms with E-state index < -0.39 is 0 Å². The molecule has 0 saturated carbocycles. The summed E-state index contributed by atoms with van der Waals surface area (Å²) in [5, 5.41) is 4.26. The molecular formula is C23H27N3O2. The molecule has 2 heterocycles. The highest BCUT2D eigenvalue weighted by Crippen LogP contribution is 2.18. The Bertz CT molecular complexity index is 873. The molecule has 1 saturated heterocycles. The summed E-state index contributed by atoms with van der Waals surface area (Å²) >= 11 is 0. The lowest BCUT2D eigenvalue weighted by Gasteiger charge is -2.17. The number of rotatable bonds is 7. The Labute approximate surface area is 165 Å². The number of fused-ring (bicyclic) bond motifs is 1. The number of H-pyrrole nitrogens is 1. The van der Waals surface area contributed by atoms with Crippen LogP contribution in [0.15, 0.2) is 60.7 Å². The molecule has 1 atom stereocenters. The zero-order valence-corrected chi connectivity index (χ0v) is 16.1. The van der Waals surface area contributed by atoms with Gasteiger partial charge < -0.3 is 19.9 Å². The molecule has 0 spiro atoms. The van der Waals surface area contributed by atoms with Crippen LogP contribution >= 0.6 is 0 Å². The van der Waals surface area contributed by atoms with E-state index >= 15 is 0 Å². The highest BCUT2D eigenvalue weighted by atomic mass is 16.5. The fourth-order valence-corrected chi connectivity index (χ4v) is 3.75. The van der Waals surface area contributed by atoms with E-state index in [0.717, 1.165) is 37.1 Å². The SMILES string of the molecule is O=C(NCCc1cc2ccccc2[nH]1)N1CCC(COCc2ccccc2)C1. The highest BCUT2D eigenvalue weighted by molar-refractivity contribution is 5.80. The average molecular weight is 377 g/mol. The van der Waals surface area contributed by atoms with Gasteiger partial charge in [0.25, 0.3) is 0 Å². The minimum Gasteiger partial charge on any atom is -0.376 e. The molecule has 3 aromatic rings. The number of nitrogens with zero attached hydrogens (tertiary/aromatic N) is 1. The van der Waals surface area contributed by atoms with Crippen LogP contribution in [0.2, 0.25) is 0 Å². The van der Waals surface area contributed by atoms with E-state index in [4.69, 9.17) is 4.74 Å². The summed E-state index contributed by atoms with van der Waals surface area (Å²) in [6.07, 6.45) is 1.81. The molecule has 2 N–H and O–H groups in total. The van der Waals surface area contributed by atoms with Gasteiger partial charge in [0.15, 0.2) is 0 Å². The minimum absolute atomic E-state index is 0.0293. The van der Waals surface area contributed by atoms with Gasteiger partial charge in [-0.15, -0.1) is 0 Å². The molecule has 1 fully saturated rings. The lowest BCUT2D eigenvalue weighted by Crippen LogP contribution is -2.39. The summed E-state index contributed by atoms with van der Waals surface area (Å²) in [6, 6.07) is 20.6. The van der Waals surface area contributed by atoms with Crippen LogP contribution in [0, 0.1) is 5.92 Å². The quantitative estimate of drug-likeness (QED) is 0.655. The summed E-state index contributed by atoms with van der Waals surface area (Å²) < 4.78 is 5.84. The molecule has 1 aliphatic rings. The number of aromatic nitrogens is 1. The third-order valence-corrected chi connectivity index (χ3v) is 5.29. The second kappa shape index (κ2) is 8.93. The summed E-state index contributed by atoms with van der Waals surface area (Å²) in [5.74, 6) is 0.420. The minimum atomic E-state index is 0.0293. The molecule has 5 heteroatoms. The van der Waals surface area contributed by atoms with Crippen molar-refractivity contribution in [2.75, 3.05) is 26.2 Å². The van der Waals surface area contributed by atoms with Crippen molar-refractivity contribution in [3.05, 3.63) is 71.9 Å². The van der Waals surface area contributed by atoms with Gasteiger partial charge in [-0.2, -0.15) is 0 Å². The third-order valence-electron chi connectivity index (χ3n) is 5.29.